The third-order valence-electron chi connectivity index (χ3n) is 10.5. The van der Waals surface area contributed by atoms with Gasteiger partial charge in [0.15, 0.2) is 0 Å². The molecule has 1 aromatic carbocycles. The molecular formula is C38H65N5O7. The zero-order valence-electron chi connectivity index (χ0n) is 32.2. The van der Waals surface area contributed by atoms with Gasteiger partial charge in [-0.05, 0) is 50.1 Å². The zero-order valence-corrected chi connectivity index (χ0v) is 32.2. The van der Waals surface area contributed by atoms with Gasteiger partial charge in [-0.2, -0.15) is 0 Å². The molecule has 1 aromatic rings. The van der Waals surface area contributed by atoms with Crippen molar-refractivity contribution >= 4 is 23.6 Å². The molecule has 284 valence electrons. The lowest BCUT2D eigenvalue weighted by atomic mass is 9.89. The number of nitrogens with zero attached hydrogens (tertiary/aromatic N) is 2. The van der Waals surface area contributed by atoms with E-state index in [1.807, 2.05) is 59.7 Å². The Morgan fingerprint density at radius 3 is 2.06 bits per heavy atom. The van der Waals surface area contributed by atoms with Gasteiger partial charge in [0.2, 0.25) is 23.6 Å². The van der Waals surface area contributed by atoms with Crippen molar-refractivity contribution in [3.05, 3.63) is 35.9 Å². The molecule has 1 heterocycles. The number of rotatable bonds is 19. The first-order chi connectivity index (χ1) is 23.5. The molecule has 0 aromatic heterocycles. The lowest BCUT2D eigenvalue weighted by Gasteiger charge is -2.40. The standard InChI is InChI=1S/C38H65N5O7/c1-12-24(6)33(42(10)38(49)32(23(4)5)41-37(48)31(39-9)22(2)3)29(44)21-30(45)43-20-16-19-28(43)35(50-11)25(7)36(47)40-26(8)34(46)27-17-14-13-15-18-27/h13-15,17-18,22-26,28-29,31-35,39,44,46H,12,16,19-21H2,1-11H3,(H,40,47)(H,41,48)/t24-,25+,26+,28-,29+,31-,32-,33+,34+,35+/m0/s1. The average molecular weight is 704 g/mol. The first kappa shape index (κ1) is 43.1. The Bertz CT molecular complexity index is 1230. The van der Waals surface area contributed by atoms with Crippen LogP contribution in [0, 0.1) is 23.7 Å². The number of hydrogen-bond acceptors (Lipinski definition) is 8. The number of hydrogen-bond donors (Lipinski definition) is 5. The van der Waals surface area contributed by atoms with Crippen molar-refractivity contribution in [1.29, 1.82) is 0 Å². The van der Waals surface area contributed by atoms with Crippen LogP contribution >= 0.6 is 0 Å². The summed E-state index contributed by atoms with van der Waals surface area (Å²) in [5.41, 5.74) is 0.698. The van der Waals surface area contributed by atoms with E-state index in [2.05, 4.69) is 16.0 Å². The molecule has 1 fully saturated rings. The summed E-state index contributed by atoms with van der Waals surface area (Å²) < 4.78 is 5.85. The van der Waals surface area contributed by atoms with E-state index in [1.54, 1.807) is 45.0 Å². The molecule has 0 radical (unpaired) electrons. The highest BCUT2D eigenvalue weighted by molar-refractivity contribution is 5.90. The molecule has 5 N–H and O–H groups in total. The van der Waals surface area contributed by atoms with Gasteiger partial charge in [0.1, 0.15) is 6.04 Å². The summed E-state index contributed by atoms with van der Waals surface area (Å²) in [6.45, 7) is 15.5. The van der Waals surface area contributed by atoms with Crippen molar-refractivity contribution in [2.75, 3.05) is 27.7 Å². The zero-order chi connectivity index (χ0) is 37.9. The number of carbonyl (C=O) groups excluding carboxylic acids is 4. The summed E-state index contributed by atoms with van der Waals surface area (Å²) >= 11 is 0. The van der Waals surface area contributed by atoms with Crippen molar-refractivity contribution in [2.24, 2.45) is 23.7 Å². The molecular weight excluding hydrogens is 638 g/mol. The SMILES string of the molecule is CC[C@H](C)[C@H]([C@H](O)CC(=O)N1CCC[C@H]1[C@H](OC)[C@@H](C)C(=O)N[C@H](C)[C@@H](O)c1ccccc1)N(C)C(=O)[C@@H](NC(=O)[C@@H](NC)C(C)C)C(C)C. The van der Waals surface area contributed by atoms with Crippen molar-refractivity contribution in [1.82, 2.24) is 25.8 Å². The van der Waals surface area contributed by atoms with Gasteiger partial charge < -0.3 is 40.7 Å². The minimum absolute atomic E-state index is 0.0157. The predicted molar refractivity (Wildman–Crippen MR) is 195 cm³/mol. The largest absolute Gasteiger partial charge is 0.390 e. The molecule has 4 amide bonds. The molecule has 0 saturated carbocycles. The number of ether oxygens (including phenoxy) is 1. The van der Waals surface area contributed by atoms with Gasteiger partial charge in [-0.3, -0.25) is 19.2 Å². The maximum Gasteiger partial charge on any atom is 0.245 e. The molecule has 50 heavy (non-hydrogen) atoms. The third kappa shape index (κ3) is 11.0. The predicted octanol–water partition coefficient (Wildman–Crippen LogP) is 2.88. The number of methoxy groups -OCH3 is 1. The van der Waals surface area contributed by atoms with Crippen LogP contribution in [0.5, 0.6) is 0 Å². The van der Waals surface area contributed by atoms with Gasteiger partial charge in [0, 0.05) is 20.7 Å². The van der Waals surface area contributed by atoms with Crippen LogP contribution in [0.15, 0.2) is 30.3 Å². The van der Waals surface area contributed by atoms with Crippen LogP contribution < -0.4 is 16.0 Å². The smallest absolute Gasteiger partial charge is 0.245 e. The Balaban J connectivity index is 2.19. The van der Waals surface area contributed by atoms with E-state index in [1.165, 1.54) is 12.0 Å². The van der Waals surface area contributed by atoms with Gasteiger partial charge in [-0.15, -0.1) is 0 Å². The quantitative estimate of drug-likeness (QED) is 0.147. The second-order valence-corrected chi connectivity index (χ2v) is 14.8. The Labute approximate surface area is 300 Å². The van der Waals surface area contributed by atoms with Crippen LogP contribution in [0.1, 0.15) is 92.7 Å². The lowest BCUT2D eigenvalue weighted by Crippen LogP contribution is -2.59. The fourth-order valence-corrected chi connectivity index (χ4v) is 7.23. The first-order valence-electron chi connectivity index (χ1n) is 18.3. The maximum atomic E-state index is 13.9. The topological polar surface area (TPSA) is 161 Å². The van der Waals surface area contributed by atoms with Crippen molar-refractivity contribution in [2.45, 2.75) is 130 Å². The van der Waals surface area contributed by atoms with Gasteiger partial charge in [0.25, 0.3) is 0 Å². The van der Waals surface area contributed by atoms with Crippen LogP contribution in [0.3, 0.4) is 0 Å². The monoisotopic (exact) mass is 703 g/mol. The molecule has 0 aliphatic carbocycles. The first-order valence-corrected chi connectivity index (χ1v) is 18.3. The van der Waals surface area contributed by atoms with Crippen LogP contribution in [-0.2, 0) is 23.9 Å². The van der Waals surface area contributed by atoms with Gasteiger partial charge >= 0.3 is 0 Å². The van der Waals surface area contributed by atoms with Crippen LogP contribution in [0.2, 0.25) is 0 Å². The fraction of sp³-hybridized carbons (Fsp3) is 0.737. The molecule has 1 saturated heterocycles. The van der Waals surface area contributed by atoms with E-state index in [-0.39, 0.29) is 47.8 Å². The highest BCUT2D eigenvalue weighted by atomic mass is 16.5. The Morgan fingerprint density at radius 2 is 1.54 bits per heavy atom. The average Bonchev–Trinajstić information content (AvgIpc) is 3.56. The summed E-state index contributed by atoms with van der Waals surface area (Å²) in [5, 5.41) is 31.3. The van der Waals surface area contributed by atoms with E-state index in [9.17, 15) is 29.4 Å². The van der Waals surface area contributed by atoms with Crippen LogP contribution in [-0.4, -0.2) is 114 Å². The second kappa shape index (κ2) is 20.1. The minimum atomic E-state index is -1.17. The van der Waals surface area contributed by atoms with E-state index < -0.39 is 54.4 Å². The Morgan fingerprint density at radius 1 is 0.940 bits per heavy atom. The van der Waals surface area contributed by atoms with Crippen molar-refractivity contribution < 1.29 is 34.1 Å². The molecule has 1 aliphatic heterocycles. The molecule has 0 bridgehead atoms. The number of nitrogens with one attached hydrogen (secondary N) is 3. The van der Waals surface area contributed by atoms with Gasteiger partial charge in [0.05, 0.1) is 54.8 Å². The summed E-state index contributed by atoms with van der Waals surface area (Å²) in [5.74, 6) is -2.14. The Hall–Kier alpha value is -3.06. The number of likely N-dealkylation sites (N-methyl/N-ethyl adjacent to an activating group) is 2. The molecule has 12 heteroatoms. The molecule has 2 rings (SSSR count). The molecule has 0 spiro atoms. The van der Waals surface area contributed by atoms with E-state index in [0.29, 0.717) is 24.9 Å². The van der Waals surface area contributed by atoms with E-state index in [0.717, 1.165) is 6.42 Å². The lowest BCUT2D eigenvalue weighted by molar-refractivity contribution is -0.146. The van der Waals surface area contributed by atoms with Gasteiger partial charge in [-0.25, -0.2) is 0 Å². The summed E-state index contributed by atoms with van der Waals surface area (Å²) in [6.07, 6.45) is -0.877. The highest BCUT2D eigenvalue weighted by Crippen LogP contribution is 2.29. The number of aliphatic hydroxyl groups excluding tert-OH is 2. The molecule has 1 aliphatic rings. The normalized spacial score (nSPS) is 20.3. The number of aliphatic hydroxyl groups is 2. The molecule has 12 nitrogen and oxygen atoms in total. The van der Waals surface area contributed by atoms with Crippen LogP contribution in [0.25, 0.3) is 0 Å². The number of benzene rings is 1. The molecule has 10 atom stereocenters. The van der Waals surface area contributed by atoms with Crippen molar-refractivity contribution in [3.8, 4) is 0 Å². The molecule has 0 unspecified atom stereocenters. The van der Waals surface area contributed by atoms with Crippen molar-refractivity contribution in [3.63, 3.8) is 0 Å². The van der Waals surface area contributed by atoms with Crippen LogP contribution in [0.4, 0.5) is 0 Å². The number of carbonyl (C=O) groups is 4. The van der Waals surface area contributed by atoms with E-state index in [4.69, 9.17) is 4.74 Å². The minimum Gasteiger partial charge on any atom is -0.390 e. The third-order valence-corrected chi connectivity index (χ3v) is 10.5. The summed E-state index contributed by atoms with van der Waals surface area (Å²) in [7, 11) is 4.86. The van der Waals surface area contributed by atoms with Gasteiger partial charge in [-0.1, -0.05) is 85.2 Å². The van der Waals surface area contributed by atoms with E-state index >= 15 is 0 Å². The fourth-order valence-electron chi connectivity index (χ4n) is 7.23. The number of likely N-dealkylation sites (tertiary alicyclic amines) is 1. The highest BCUT2D eigenvalue weighted by Gasteiger charge is 2.42. The number of amides is 4. The Kier molecular flexibility index (Phi) is 17.3. The maximum absolute atomic E-state index is 13.9. The second-order valence-electron chi connectivity index (χ2n) is 14.8. The summed E-state index contributed by atoms with van der Waals surface area (Å²) in [6, 6.07) is 6.22. The summed E-state index contributed by atoms with van der Waals surface area (Å²) in [4.78, 5) is 57.5.